The third kappa shape index (κ3) is 3.16. The zero-order valence-electron chi connectivity index (χ0n) is 16.4. The molecular weight excluding hydrogens is 373 g/mol. The zero-order chi connectivity index (χ0) is 20.8. The van der Waals surface area contributed by atoms with E-state index in [1.54, 1.807) is 48.2 Å². The molecule has 2 aromatic carbocycles. The maximum absolute atomic E-state index is 13.7. The maximum atomic E-state index is 13.7. The molecule has 0 saturated carbocycles. The highest BCUT2D eigenvalue weighted by Crippen LogP contribution is 2.43. The number of halogens is 1. The second kappa shape index (κ2) is 6.99. The molecule has 2 heterocycles. The first kappa shape index (κ1) is 19.1. The second-order valence-electron chi connectivity index (χ2n) is 7.71. The van der Waals surface area contributed by atoms with E-state index >= 15 is 0 Å². The number of para-hydroxylation sites is 1. The van der Waals surface area contributed by atoms with Crippen LogP contribution in [-0.4, -0.2) is 34.8 Å². The fraction of sp³-hybridized carbons (Fsp3) is 0.318. The number of amides is 3. The van der Waals surface area contributed by atoms with Gasteiger partial charge < -0.3 is 10.2 Å². The Morgan fingerprint density at radius 1 is 1.21 bits per heavy atom. The molecule has 6 nitrogen and oxygen atoms in total. The summed E-state index contributed by atoms with van der Waals surface area (Å²) in [7, 11) is 0. The highest BCUT2D eigenvalue weighted by molar-refractivity contribution is 6.11. The van der Waals surface area contributed by atoms with Crippen LogP contribution in [0.4, 0.5) is 10.1 Å². The van der Waals surface area contributed by atoms with E-state index in [1.165, 1.54) is 11.0 Å². The number of anilines is 1. The molecule has 0 aliphatic carbocycles. The molecule has 7 heteroatoms. The van der Waals surface area contributed by atoms with Crippen LogP contribution in [-0.2, 0) is 16.1 Å². The van der Waals surface area contributed by atoms with Crippen LogP contribution in [0.25, 0.3) is 0 Å². The highest BCUT2D eigenvalue weighted by atomic mass is 19.1. The van der Waals surface area contributed by atoms with Crippen molar-refractivity contribution >= 4 is 23.4 Å². The quantitative estimate of drug-likeness (QED) is 0.866. The van der Waals surface area contributed by atoms with Crippen molar-refractivity contribution in [1.82, 2.24) is 10.2 Å². The van der Waals surface area contributed by atoms with Crippen LogP contribution >= 0.6 is 0 Å². The van der Waals surface area contributed by atoms with Crippen molar-refractivity contribution in [3.05, 3.63) is 65.0 Å². The Balaban J connectivity index is 1.54. The minimum absolute atomic E-state index is 0.0620. The molecule has 1 saturated heterocycles. The third-order valence-corrected chi connectivity index (χ3v) is 5.77. The van der Waals surface area contributed by atoms with Crippen LogP contribution in [0.3, 0.4) is 0 Å². The van der Waals surface area contributed by atoms with E-state index in [1.807, 2.05) is 6.92 Å². The first-order valence-corrected chi connectivity index (χ1v) is 9.57. The summed E-state index contributed by atoms with van der Waals surface area (Å²) < 4.78 is 13.7. The van der Waals surface area contributed by atoms with Crippen molar-refractivity contribution < 1.29 is 18.8 Å². The summed E-state index contributed by atoms with van der Waals surface area (Å²) in [6.07, 6.45) is 0.779. The first-order chi connectivity index (χ1) is 13.8. The lowest BCUT2D eigenvalue weighted by atomic mass is 9.98. The molecule has 2 aliphatic heterocycles. The maximum Gasteiger partial charge on any atom is 0.258 e. The first-order valence-electron chi connectivity index (χ1n) is 9.57. The van der Waals surface area contributed by atoms with Gasteiger partial charge >= 0.3 is 0 Å². The summed E-state index contributed by atoms with van der Waals surface area (Å²) >= 11 is 0. The largest absolute Gasteiger partial charge is 0.350 e. The van der Waals surface area contributed by atoms with Gasteiger partial charge in [0.1, 0.15) is 18.0 Å². The number of fused-ring (bicyclic) bond motifs is 3. The molecule has 4 rings (SSSR count). The van der Waals surface area contributed by atoms with E-state index < -0.39 is 5.66 Å². The van der Waals surface area contributed by atoms with Crippen LogP contribution < -0.4 is 10.2 Å². The fourth-order valence-corrected chi connectivity index (χ4v) is 4.09. The average molecular weight is 395 g/mol. The molecule has 1 fully saturated rings. The predicted molar refractivity (Wildman–Crippen MR) is 106 cm³/mol. The Labute approximate surface area is 168 Å². The number of hydrogen-bond acceptors (Lipinski definition) is 3. The fourth-order valence-electron chi connectivity index (χ4n) is 4.09. The SMILES string of the molecule is Cc1ccc(CNC(=O)CN2C(=O)c3ccccc3N3C(=O)CCC23C)cc1F. The highest BCUT2D eigenvalue weighted by Gasteiger charge is 2.53. The summed E-state index contributed by atoms with van der Waals surface area (Å²) in [4.78, 5) is 41.4. The Hall–Kier alpha value is -3.22. The van der Waals surface area contributed by atoms with Gasteiger partial charge in [-0.25, -0.2) is 4.39 Å². The lowest BCUT2D eigenvalue weighted by molar-refractivity contribution is -0.124. The molecule has 0 aromatic heterocycles. The van der Waals surface area contributed by atoms with Crippen molar-refractivity contribution in [2.45, 2.75) is 38.9 Å². The molecule has 1 unspecified atom stereocenters. The Kier molecular flexibility index (Phi) is 4.61. The number of nitrogens with zero attached hydrogens (tertiary/aromatic N) is 2. The molecule has 29 heavy (non-hydrogen) atoms. The third-order valence-electron chi connectivity index (χ3n) is 5.77. The van der Waals surface area contributed by atoms with Gasteiger partial charge in [-0.1, -0.05) is 24.3 Å². The Morgan fingerprint density at radius 3 is 2.72 bits per heavy atom. The standard InChI is InChI=1S/C22H22FN3O3/c1-14-7-8-15(11-17(14)23)12-24-19(27)13-25-21(29)16-5-3-4-6-18(16)26-20(28)9-10-22(25,26)2/h3-8,11H,9-10,12-13H2,1-2H3,(H,24,27). The topological polar surface area (TPSA) is 69.7 Å². The van der Waals surface area contributed by atoms with Gasteiger partial charge in [-0.15, -0.1) is 0 Å². The van der Waals surface area contributed by atoms with Gasteiger partial charge in [0.15, 0.2) is 0 Å². The van der Waals surface area contributed by atoms with Crippen molar-refractivity contribution in [3.63, 3.8) is 0 Å². The summed E-state index contributed by atoms with van der Waals surface area (Å²) in [6.45, 7) is 3.47. The van der Waals surface area contributed by atoms with Crippen LogP contribution in [0, 0.1) is 12.7 Å². The van der Waals surface area contributed by atoms with E-state index in [2.05, 4.69) is 5.32 Å². The molecule has 150 valence electrons. The number of carbonyl (C=O) groups excluding carboxylic acids is 3. The van der Waals surface area contributed by atoms with Crippen LogP contribution in [0.5, 0.6) is 0 Å². The van der Waals surface area contributed by atoms with E-state index in [4.69, 9.17) is 0 Å². The zero-order valence-corrected chi connectivity index (χ0v) is 16.4. The smallest absolute Gasteiger partial charge is 0.258 e. The molecule has 0 bridgehead atoms. The average Bonchev–Trinajstić information content (AvgIpc) is 3.01. The molecule has 0 spiro atoms. The molecular formula is C22H22FN3O3. The number of hydrogen-bond donors (Lipinski definition) is 1. The lowest BCUT2D eigenvalue weighted by Gasteiger charge is -2.48. The molecule has 2 aliphatic rings. The number of nitrogens with one attached hydrogen (secondary N) is 1. The van der Waals surface area contributed by atoms with Gasteiger partial charge in [0, 0.05) is 13.0 Å². The molecule has 1 atom stereocenters. The van der Waals surface area contributed by atoms with Crippen molar-refractivity contribution in [1.29, 1.82) is 0 Å². The number of benzene rings is 2. The minimum atomic E-state index is -0.879. The monoisotopic (exact) mass is 395 g/mol. The predicted octanol–water partition coefficient (Wildman–Crippen LogP) is 2.75. The number of carbonyl (C=O) groups is 3. The lowest BCUT2D eigenvalue weighted by Crippen LogP contribution is -2.63. The summed E-state index contributed by atoms with van der Waals surface area (Å²) in [5, 5.41) is 2.74. The van der Waals surface area contributed by atoms with Gasteiger partial charge in [0.2, 0.25) is 11.8 Å². The van der Waals surface area contributed by atoms with Gasteiger partial charge in [-0.3, -0.25) is 19.3 Å². The normalized spacial score (nSPS) is 20.5. The van der Waals surface area contributed by atoms with Crippen LogP contribution in [0.15, 0.2) is 42.5 Å². The van der Waals surface area contributed by atoms with E-state index in [0.29, 0.717) is 35.2 Å². The van der Waals surface area contributed by atoms with Gasteiger partial charge in [-0.2, -0.15) is 0 Å². The molecule has 0 radical (unpaired) electrons. The van der Waals surface area contributed by atoms with Gasteiger partial charge in [-0.05, 0) is 49.6 Å². The summed E-state index contributed by atoms with van der Waals surface area (Å²) in [5.74, 6) is -1.02. The summed E-state index contributed by atoms with van der Waals surface area (Å²) in [6, 6.07) is 11.8. The molecule has 2 aromatic rings. The molecule has 1 N–H and O–H groups in total. The van der Waals surface area contributed by atoms with Crippen molar-refractivity contribution in [2.24, 2.45) is 0 Å². The van der Waals surface area contributed by atoms with E-state index in [0.717, 1.165) is 0 Å². The number of aryl methyl sites for hydroxylation is 1. The van der Waals surface area contributed by atoms with Crippen LogP contribution in [0.1, 0.15) is 41.3 Å². The van der Waals surface area contributed by atoms with Crippen LogP contribution in [0.2, 0.25) is 0 Å². The molecule has 3 amide bonds. The minimum Gasteiger partial charge on any atom is -0.350 e. The van der Waals surface area contributed by atoms with E-state index in [9.17, 15) is 18.8 Å². The number of rotatable bonds is 4. The Morgan fingerprint density at radius 2 is 1.97 bits per heavy atom. The van der Waals surface area contributed by atoms with Crippen molar-refractivity contribution in [3.8, 4) is 0 Å². The van der Waals surface area contributed by atoms with Crippen molar-refractivity contribution in [2.75, 3.05) is 11.4 Å². The van der Waals surface area contributed by atoms with Gasteiger partial charge in [0.05, 0.1) is 11.3 Å². The second-order valence-corrected chi connectivity index (χ2v) is 7.71. The van der Waals surface area contributed by atoms with Gasteiger partial charge in [0.25, 0.3) is 5.91 Å². The van der Waals surface area contributed by atoms with E-state index in [-0.39, 0.29) is 36.6 Å². The Bertz CT molecular complexity index is 1020. The summed E-state index contributed by atoms with van der Waals surface area (Å²) in [5.41, 5.74) is 1.30.